The van der Waals surface area contributed by atoms with Gasteiger partial charge in [-0.25, -0.2) is 4.98 Å². The van der Waals surface area contributed by atoms with E-state index in [1.54, 1.807) is 18.4 Å². The predicted octanol–water partition coefficient (Wildman–Crippen LogP) is 3.83. The summed E-state index contributed by atoms with van der Waals surface area (Å²) >= 11 is 0. The molecule has 1 aliphatic rings. The number of aryl methyl sites for hydroxylation is 1. The zero-order valence-electron chi connectivity index (χ0n) is 19.0. The van der Waals surface area contributed by atoms with E-state index < -0.39 is 0 Å². The van der Waals surface area contributed by atoms with Gasteiger partial charge in [0.2, 0.25) is 5.89 Å². The highest BCUT2D eigenvalue weighted by Gasteiger charge is 2.25. The number of halogens is 1. The molecule has 1 aliphatic heterocycles. The maximum atomic E-state index is 12.5. The number of nitrogens with one attached hydrogen (secondary N) is 1. The molecule has 0 spiro atoms. The molecule has 0 aliphatic carbocycles. The van der Waals surface area contributed by atoms with Crippen LogP contribution in [0.1, 0.15) is 28.7 Å². The highest BCUT2D eigenvalue weighted by molar-refractivity contribution is 14.0. The number of hydrogen-bond acceptors (Lipinski definition) is 5. The van der Waals surface area contributed by atoms with E-state index in [0.717, 1.165) is 36.9 Å². The largest absolute Gasteiger partial charge is 0.459 e. The van der Waals surface area contributed by atoms with Crippen LogP contribution in [0.4, 0.5) is 0 Å². The molecule has 0 radical (unpaired) electrons. The number of aliphatic imine (C=N–C) groups is 1. The maximum absolute atomic E-state index is 12.5. The van der Waals surface area contributed by atoms with Crippen molar-refractivity contribution in [1.29, 1.82) is 0 Å². The summed E-state index contributed by atoms with van der Waals surface area (Å²) in [5.74, 6) is 1.82. The average molecular weight is 563 g/mol. The Morgan fingerprint density at radius 1 is 1.09 bits per heavy atom. The smallest absolute Gasteiger partial charge is 0.289 e. The van der Waals surface area contributed by atoms with Crippen LogP contribution in [0.25, 0.3) is 11.5 Å². The third kappa shape index (κ3) is 6.37. The van der Waals surface area contributed by atoms with E-state index in [2.05, 4.69) is 29.0 Å². The van der Waals surface area contributed by atoms with Crippen LogP contribution in [0.3, 0.4) is 0 Å². The quantitative estimate of drug-likeness (QED) is 0.279. The molecule has 1 aromatic carbocycles. The van der Waals surface area contributed by atoms with Crippen molar-refractivity contribution in [1.82, 2.24) is 20.1 Å². The van der Waals surface area contributed by atoms with Crippen LogP contribution in [0.5, 0.6) is 0 Å². The molecule has 33 heavy (non-hydrogen) atoms. The van der Waals surface area contributed by atoms with E-state index in [0.29, 0.717) is 37.7 Å². The van der Waals surface area contributed by atoms with Crippen molar-refractivity contribution in [2.45, 2.75) is 20.3 Å². The minimum Gasteiger partial charge on any atom is -0.459 e. The summed E-state index contributed by atoms with van der Waals surface area (Å²) in [6.07, 6.45) is 3.93. The summed E-state index contributed by atoms with van der Waals surface area (Å²) in [6, 6.07) is 11.6. The van der Waals surface area contributed by atoms with Crippen LogP contribution in [0.2, 0.25) is 0 Å². The molecule has 0 saturated carbocycles. The molecule has 1 saturated heterocycles. The van der Waals surface area contributed by atoms with Gasteiger partial charge in [-0.2, -0.15) is 0 Å². The number of hydrogen-bond donors (Lipinski definition) is 1. The van der Waals surface area contributed by atoms with Gasteiger partial charge in [-0.05, 0) is 38.1 Å². The Morgan fingerprint density at radius 3 is 2.48 bits per heavy atom. The normalized spacial score (nSPS) is 14.2. The zero-order valence-corrected chi connectivity index (χ0v) is 21.3. The number of nitrogens with zero attached hydrogens (tertiary/aromatic N) is 4. The van der Waals surface area contributed by atoms with Gasteiger partial charge in [-0.15, -0.1) is 24.0 Å². The molecular formula is C24H30IN5O3. The molecule has 176 valence electrons. The van der Waals surface area contributed by atoms with E-state index >= 15 is 0 Å². The molecule has 4 rings (SSSR count). The van der Waals surface area contributed by atoms with Gasteiger partial charge in [0.25, 0.3) is 5.91 Å². The van der Waals surface area contributed by atoms with Gasteiger partial charge in [-0.3, -0.25) is 9.79 Å². The molecule has 1 fully saturated rings. The minimum absolute atomic E-state index is 0. The van der Waals surface area contributed by atoms with Gasteiger partial charge in [0.05, 0.1) is 12.0 Å². The number of carbonyl (C=O) groups excluding carboxylic acids is 1. The first kappa shape index (κ1) is 24.8. The molecule has 2 aromatic heterocycles. The Morgan fingerprint density at radius 2 is 1.82 bits per heavy atom. The number of piperazine rings is 1. The van der Waals surface area contributed by atoms with Crippen molar-refractivity contribution in [2.24, 2.45) is 4.99 Å². The summed E-state index contributed by atoms with van der Waals surface area (Å²) in [4.78, 5) is 25.8. The van der Waals surface area contributed by atoms with Crippen molar-refractivity contribution < 1.29 is 13.6 Å². The van der Waals surface area contributed by atoms with Gasteiger partial charge < -0.3 is 24.0 Å². The fraction of sp³-hybridized carbons (Fsp3) is 0.375. The standard InChI is InChI=1S/C24H29N5O3.HI/c1-3-25-24(29-14-12-28(13-15-29)23(30)21-5-4-16-31-21)26-11-10-20-17-32-22(27-20)19-8-6-18(2)7-9-19;/h4-9,16-17H,3,10-15H2,1-2H3,(H,25,26);1H. The molecule has 3 aromatic rings. The van der Waals surface area contributed by atoms with Gasteiger partial charge in [0.1, 0.15) is 6.26 Å². The summed E-state index contributed by atoms with van der Waals surface area (Å²) in [5.41, 5.74) is 3.06. The highest BCUT2D eigenvalue weighted by atomic mass is 127. The van der Waals surface area contributed by atoms with E-state index in [9.17, 15) is 4.79 Å². The molecule has 0 atom stereocenters. The lowest BCUT2D eigenvalue weighted by molar-refractivity contribution is 0.0657. The highest BCUT2D eigenvalue weighted by Crippen LogP contribution is 2.19. The van der Waals surface area contributed by atoms with E-state index in [1.165, 1.54) is 11.8 Å². The number of rotatable bonds is 6. The number of aromatic nitrogens is 1. The second kappa shape index (κ2) is 11.9. The van der Waals surface area contributed by atoms with Crippen LogP contribution >= 0.6 is 24.0 Å². The molecule has 0 unspecified atom stereocenters. The lowest BCUT2D eigenvalue weighted by Crippen LogP contribution is -2.53. The molecule has 8 nitrogen and oxygen atoms in total. The van der Waals surface area contributed by atoms with Crippen LogP contribution in [-0.2, 0) is 6.42 Å². The average Bonchev–Trinajstić information content (AvgIpc) is 3.51. The molecular weight excluding hydrogens is 533 g/mol. The van der Waals surface area contributed by atoms with Crippen molar-refractivity contribution in [2.75, 3.05) is 39.3 Å². The molecule has 0 bridgehead atoms. The number of carbonyl (C=O) groups is 1. The van der Waals surface area contributed by atoms with Crippen LogP contribution in [0.15, 0.2) is 62.8 Å². The van der Waals surface area contributed by atoms with E-state index in [4.69, 9.17) is 13.8 Å². The third-order valence-electron chi connectivity index (χ3n) is 5.41. The second-order valence-electron chi connectivity index (χ2n) is 7.75. The fourth-order valence-corrected chi connectivity index (χ4v) is 3.63. The number of benzene rings is 1. The van der Waals surface area contributed by atoms with Crippen molar-refractivity contribution in [3.05, 3.63) is 65.9 Å². The van der Waals surface area contributed by atoms with E-state index in [1.807, 2.05) is 29.2 Å². The van der Waals surface area contributed by atoms with Crippen LogP contribution in [0, 0.1) is 6.92 Å². The molecule has 9 heteroatoms. The number of amides is 1. The molecule has 3 heterocycles. The second-order valence-corrected chi connectivity index (χ2v) is 7.75. The van der Waals surface area contributed by atoms with Gasteiger partial charge in [-0.1, -0.05) is 17.7 Å². The predicted molar refractivity (Wildman–Crippen MR) is 138 cm³/mol. The molecule has 1 N–H and O–H groups in total. The van der Waals surface area contributed by atoms with Gasteiger partial charge in [0.15, 0.2) is 11.7 Å². The maximum Gasteiger partial charge on any atom is 0.289 e. The number of oxazole rings is 1. The van der Waals surface area contributed by atoms with E-state index in [-0.39, 0.29) is 29.9 Å². The Labute approximate surface area is 211 Å². The third-order valence-corrected chi connectivity index (χ3v) is 5.41. The van der Waals surface area contributed by atoms with Crippen molar-refractivity contribution >= 4 is 35.8 Å². The van der Waals surface area contributed by atoms with Gasteiger partial charge >= 0.3 is 0 Å². The van der Waals surface area contributed by atoms with Gasteiger partial charge in [0, 0.05) is 51.3 Å². The summed E-state index contributed by atoms with van der Waals surface area (Å²) in [7, 11) is 0. The minimum atomic E-state index is -0.0630. The zero-order chi connectivity index (χ0) is 22.3. The first-order valence-corrected chi connectivity index (χ1v) is 11.0. The topological polar surface area (TPSA) is 87.1 Å². The lowest BCUT2D eigenvalue weighted by Gasteiger charge is -2.36. The molecule has 1 amide bonds. The van der Waals surface area contributed by atoms with Crippen molar-refractivity contribution in [3.63, 3.8) is 0 Å². The van der Waals surface area contributed by atoms with Crippen molar-refractivity contribution in [3.8, 4) is 11.5 Å². The Hall–Kier alpha value is -2.82. The van der Waals surface area contributed by atoms with Crippen LogP contribution in [-0.4, -0.2) is 65.9 Å². The summed E-state index contributed by atoms with van der Waals surface area (Å²) < 4.78 is 10.9. The first-order valence-electron chi connectivity index (χ1n) is 11.0. The Balaban J connectivity index is 0.00000306. The SMILES string of the molecule is CCNC(=NCCc1coc(-c2ccc(C)cc2)n1)N1CCN(C(=O)c2ccco2)CC1.I. The lowest BCUT2D eigenvalue weighted by atomic mass is 10.1. The summed E-state index contributed by atoms with van der Waals surface area (Å²) in [5, 5.41) is 3.36. The van der Waals surface area contributed by atoms with Crippen LogP contribution < -0.4 is 5.32 Å². The Bertz CT molecular complexity index is 1040. The number of furan rings is 1. The summed E-state index contributed by atoms with van der Waals surface area (Å²) in [6.45, 7) is 8.21. The first-order chi connectivity index (χ1) is 15.6. The monoisotopic (exact) mass is 563 g/mol. The fourth-order valence-electron chi connectivity index (χ4n) is 3.63. The Kier molecular flexibility index (Phi) is 8.93. The number of guanidine groups is 1.